The lowest BCUT2D eigenvalue weighted by Gasteiger charge is -2.33. The number of hydrogen-bond acceptors (Lipinski definition) is 4. The average molecular weight is 376 g/mol. The molecule has 1 aliphatic heterocycles. The smallest absolute Gasteiger partial charge is 0.339 e. The van der Waals surface area contributed by atoms with E-state index in [1.54, 1.807) is 14.0 Å². The molecule has 1 aromatic heterocycles. The molecule has 1 unspecified atom stereocenters. The predicted octanol–water partition coefficient (Wildman–Crippen LogP) is 2.67. The van der Waals surface area contributed by atoms with E-state index in [1.165, 1.54) is 11.0 Å². The number of hydrogen-bond donors (Lipinski definition) is 1. The van der Waals surface area contributed by atoms with Gasteiger partial charge in [0.15, 0.2) is 0 Å². The fourth-order valence-corrected chi connectivity index (χ4v) is 4.26. The van der Waals surface area contributed by atoms with Crippen LogP contribution in [0.15, 0.2) is 10.5 Å². The minimum absolute atomic E-state index is 0.0725. The van der Waals surface area contributed by atoms with Gasteiger partial charge < -0.3 is 19.3 Å². The highest BCUT2D eigenvalue weighted by atomic mass is 16.4. The van der Waals surface area contributed by atoms with Crippen molar-refractivity contribution < 1.29 is 23.9 Å². The van der Waals surface area contributed by atoms with Crippen LogP contribution < -0.4 is 0 Å². The highest BCUT2D eigenvalue weighted by Gasteiger charge is 2.39. The molecule has 2 heterocycles. The summed E-state index contributed by atoms with van der Waals surface area (Å²) in [5, 5.41) is 9.11. The number of carboxylic acid groups (broad SMARTS) is 1. The van der Waals surface area contributed by atoms with Crippen molar-refractivity contribution in [2.24, 2.45) is 11.8 Å². The summed E-state index contributed by atoms with van der Waals surface area (Å²) in [5.41, 5.74) is 0.111. The van der Waals surface area contributed by atoms with E-state index >= 15 is 0 Å². The fourth-order valence-electron chi connectivity index (χ4n) is 4.26. The Morgan fingerprint density at radius 3 is 2.56 bits per heavy atom. The number of rotatable bonds is 5. The molecule has 27 heavy (non-hydrogen) atoms. The standard InChI is InChI=1S/C20H28N2O5/c1-12-4-6-15(7-5-12)22-10-14(8-18(22)23)19(24)21(3)11-16-9-17(20(25)26)13(2)27-16/h9,12,14-15H,4-8,10-11H2,1-3H3,(H,25,26). The average Bonchev–Trinajstić information content (AvgIpc) is 3.17. The largest absolute Gasteiger partial charge is 0.478 e. The van der Waals surface area contributed by atoms with E-state index in [0.29, 0.717) is 18.1 Å². The summed E-state index contributed by atoms with van der Waals surface area (Å²) in [6.07, 6.45) is 4.57. The van der Waals surface area contributed by atoms with Gasteiger partial charge in [-0.3, -0.25) is 9.59 Å². The minimum atomic E-state index is -1.05. The molecule has 0 bridgehead atoms. The SMILES string of the molecule is Cc1oc(CN(C)C(=O)C2CC(=O)N(C3CCC(C)CC3)C2)cc1C(=O)O. The van der Waals surface area contributed by atoms with E-state index in [4.69, 9.17) is 9.52 Å². The van der Waals surface area contributed by atoms with Crippen LogP contribution in [0, 0.1) is 18.8 Å². The molecular weight excluding hydrogens is 348 g/mol. The molecule has 1 saturated heterocycles. The van der Waals surface area contributed by atoms with Crippen LogP contribution in [0.2, 0.25) is 0 Å². The number of likely N-dealkylation sites (tertiary alicyclic amines) is 1. The topological polar surface area (TPSA) is 91.1 Å². The zero-order valence-electron chi connectivity index (χ0n) is 16.2. The summed E-state index contributed by atoms with van der Waals surface area (Å²) < 4.78 is 5.45. The Kier molecular flexibility index (Phi) is 5.58. The second-order valence-electron chi connectivity index (χ2n) is 8.04. The molecule has 2 fully saturated rings. The molecule has 3 rings (SSSR count). The third-order valence-corrected chi connectivity index (χ3v) is 5.90. The number of carboxylic acids is 1. The Morgan fingerprint density at radius 2 is 1.96 bits per heavy atom. The van der Waals surface area contributed by atoms with Crippen LogP contribution in [0.3, 0.4) is 0 Å². The third-order valence-electron chi connectivity index (χ3n) is 5.90. The molecule has 1 saturated carbocycles. The van der Waals surface area contributed by atoms with Gasteiger partial charge in [-0.1, -0.05) is 6.92 Å². The Morgan fingerprint density at radius 1 is 1.30 bits per heavy atom. The maximum Gasteiger partial charge on any atom is 0.339 e. The third kappa shape index (κ3) is 4.17. The maximum absolute atomic E-state index is 12.8. The van der Waals surface area contributed by atoms with Crippen LogP contribution in [0.5, 0.6) is 0 Å². The maximum atomic E-state index is 12.8. The van der Waals surface area contributed by atoms with Gasteiger partial charge in [0.2, 0.25) is 11.8 Å². The molecular formula is C20H28N2O5. The fraction of sp³-hybridized carbons (Fsp3) is 0.650. The molecule has 0 aromatic carbocycles. The van der Waals surface area contributed by atoms with Crippen molar-refractivity contribution in [3.63, 3.8) is 0 Å². The van der Waals surface area contributed by atoms with Gasteiger partial charge in [0.05, 0.1) is 12.5 Å². The van der Waals surface area contributed by atoms with E-state index < -0.39 is 5.97 Å². The van der Waals surface area contributed by atoms with Crippen molar-refractivity contribution in [2.45, 2.75) is 58.5 Å². The van der Waals surface area contributed by atoms with Gasteiger partial charge in [0.1, 0.15) is 17.1 Å². The number of amides is 2. The number of furan rings is 1. The molecule has 2 aliphatic rings. The number of carbonyl (C=O) groups is 3. The highest BCUT2D eigenvalue weighted by Crippen LogP contribution is 2.31. The van der Waals surface area contributed by atoms with Crippen LogP contribution in [-0.2, 0) is 16.1 Å². The molecule has 1 N–H and O–H groups in total. The second-order valence-corrected chi connectivity index (χ2v) is 8.04. The zero-order valence-corrected chi connectivity index (χ0v) is 16.2. The summed E-state index contributed by atoms with van der Waals surface area (Å²) in [4.78, 5) is 39.8. The van der Waals surface area contributed by atoms with Gasteiger partial charge in [-0.25, -0.2) is 4.79 Å². The first kappa shape index (κ1) is 19.5. The highest BCUT2D eigenvalue weighted by molar-refractivity contribution is 5.90. The lowest BCUT2D eigenvalue weighted by Crippen LogP contribution is -2.40. The first-order valence-corrected chi connectivity index (χ1v) is 9.63. The number of aromatic carboxylic acids is 1. The van der Waals surface area contributed by atoms with Crippen LogP contribution in [-0.4, -0.2) is 52.3 Å². The van der Waals surface area contributed by atoms with Gasteiger partial charge in [-0.05, 0) is 44.6 Å². The van der Waals surface area contributed by atoms with Gasteiger partial charge in [0, 0.05) is 26.1 Å². The minimum Gasteiger partial charge on any atom is -0.478 e. The normalized spacial score (nSPS) is 25.7. The van der Waals surface area contributed by atoms with Crippen molar-refractivity contribution in [2.75, 3.05) is 13.6 Å². The molecule has 2 amide bonds. The Balaban J connectivity index is 1.59. The summed E-state index contributed by atoms with van der Waals surface area (Å²) in [7, 11) is 1.66. The lowest BCUT2D eigenvalue weighted by atomic mass is 9.86. The second kappa shape index (κ2) is 7.74. The van der Waals surface area contributed by atoms with Crippen molar-refractivity contribution in [3.05, 3.63) is 23.2 Å². The summed E-state index contributed by atoms with van der Waals surface area (Å²) >= 11 is 0. The quantitative estimate of drug-likeness (QED) is 0.853. The molecule has 1 aromatic rings. The van der Waals surface area contributed by atoms with Crippen LogP contribution >= 0.6 is 0 Å². The van der Waals surface area contributed by atoms with E-state index in [9.17, 15) is 14.4 Å². The first-order valence-electron chi connectivity index (χ1n) is 9.63. The Labute approximate surface area is 159 Å². The van der Waals surface area contributed by atoms with Gasteiger partial charge in [-0.15, -0.1) is 0 Å². The van der Waals surface area contributed by atoms with Crippen LogP contribution in [0.1, 0.15) is 60.9 Å². The van der Waals surface area contributed by atoms with Crippen LogP contribution in [0.4, 0.5) is 0 Å². The Hall–Kier alpha value is -2.31. The molecule has 0 spiro atoms. The molecule has 1 atom stereocenters. The molecule has 0 radical (unpaired) electrons. The van der Waals surface area contributed by atoms with Gasteiger partial charge >= 0.3 is 5.97 Å². The van der Waals surface area contributed by atoms with E-state index in [-0.39, 0.29) is 42.3 Å². The predicted molar refractivity (Wildman–Crippen MR) is 98.1 cm³/mol. The summed E-state index contributed by atoms with van der Waals surface area (Å²) in [5.74, 6) is 0.0710. The molecule has 1 aliphatic carbocycles. The van der Waals surface area contributed by atoms with Crippen molar-refractivity contribution >= 4 is 17.8 Å². The number of aryl methyl sites for hydroxylation is 1. The molecule has 7 nitrogen and oxygen atoms in total. The first-order chi connectivity index (χ1) is 12.8. The number of carbonyl (C=O) groups excluding carboxylic acids is 2. The molecule has 148 valence electrons. The van der Waals surface area contributed by atoms with Gasteiger partial charge in [-0.2, -0.15) is 0 Å². The Bertz CT molecular complexity index is 733. The van der Waals surface area contributed by atoms with Gasteiger partial charge in [0.25, 0.3) is 0 Å². The van der Waals surface area contributed by atoms with Crippen molar-refractivity contribution in [3.8, 4) is 0 Å². The zero-order chi connectivity index (χ0) is 19.7. The number of nitrogens with zero attached hydrogens (tertiary/aromatic N) is 2. The lowest BCUT2D eigenvalue weighted by molar-refractivity contribution is -0.135. The van der Waals surface area contributed by atoms with E-state index in [1.807, 2.05) is 4.90 Å². The van der Waals surface area contributed by atoms with Crippen molar-refractivity contribution in [1.82, 2.24) is 9.80 Å². The van der Waals surface area contributed by atoms with Crippen LogP contribution in [0.25, 0.3) is 0 Å². The summed E-state index contributed by atoms with van der Waals surface area (Å²) in [6, 6.07) is 1.72. The van der Waals surface area contributed by atoms with E-state index in [0.717, 1.165) is 31.6 Å². The summed E-state index contributed by atoms with van der Waals surface area (Å²) in [6.45, 7) is 4.51. The monoisotopic (exact) mass is 376 g/mol. The van der Waals surface area contributed by atoms with Crippen molar-refractivity contribution in [1.29, 1.82) is 0 Å². The van der Waals surface area contributed by atoms with E-state index in [2.05, 4.69) is 6.92 Å². The molecule has 7 heteroatoms.